The van der Waals surface area contributed by atoms with Gasteiger partial charge in [0.2, 0.25) is 0 Å². The molecule has 0 atom stereocenters. The Bertz CT molecular complexity index is 377. The van der Waals surface area contributed by atoms with Crippen molar-refractivity contribution >= 4 is 21.7 Å². The minimum Gasteiger partial charge on any atom is -0.497 e. The van der Waals surface area contributed by atoms with Crippen LogP contribution >= 0.6 is 15.9 Å². The van der Waals surface area contributed by atoms with Crippen LogP contribution in [0.1, 0.15) is 15.9 Å². The van der Waals surface area contributed by atoms with E-state index in [4.69, 9.17) is 4.74 Å². The lowest BCUT2D eigenvalue weighted by atomic mass is 10.0. The average molecular weight is 272 g/mol. The van der Waals surface area contributed by atoms with Crippen molar-refractivity contribution in [2.24, 2.45) is 0 Å². The Balaban J connectivity index is 3.15. The minimum absolute atomic E-state index is 0.0644. The van der Waals surface area contributed by atoms with Crippen molar-refractivity contribution in [1.82, 2.24) is 5.32 Å². The van der Waals surface area contributed by atoms with Crippen molar-refractivity contribution in [2.75, 3.05) is 20.7 Å². The predicted octanol–water partition coefficient (Wildman–Crippen LogP) is 2.17. The van der Waals surface area contributed by atoms with Gasteiger partial charge in [-0.25, -0.2) is 0 Å². The van der Waals surface area contributed by atoms with Gasteiger partial charge in [-0.2, -0.15) is 0 Å². The maximum atomic E-state index is 11.7. The molecule has 0 heterocycles. The first-order valence-electron chi connectivity index (χ1n) is 4.62. The number of halogens is 1. The van der Waals surface area contributed by atoms with E-state index in [1.807, 2.05) is 13.0 Å². The Hall–Kier alpha value is -0.870. The molecule has 0 aliphatic carbocycles. The van der Waals surface area contributed by atoms with Crippen LogP contribution in [-0.2, 0) is 0 Å². The molecule has 1 aromatic carbocycles. The summed E-state index contributed by atoms with van der Waals surface area (Å²) in [7, 11) is 3.34. The summed E-state index contributed by atoms with van der Waals surface area (Å²) >= 11 is 3.40. The number of benzene rings is 1. The van der Waals surface area contributed by atoms with Crippen LogP contribution in [0.2, 0.25) is 0 Å². The Morgan fingerprint density at radius 1 is 1.53 bits per heavy atom. The Morgan fingerprint density at radius 3 is 2.73 bits per heavy atom. The van der Waals surface area contributed by atoms with Crippen LogP contribution in [0.25, 0.3) is 0 Å². The Morgan fingerprint density at radius 2 is 2.20 bits per heavy atom. The third kappa shape index (κ3) is 2.79. The van der Waals surface area contributed by atoms with E-state index in [-0.39, 0.29) is 5.78 Å². The summed E-state index contributed by atoms with van der Waals surface area (Å²) in [4.78, 5) is 11.7. The Labute approximate surface area is 97.9 Å². The fraction of sp³-hybridized carbons (Fsp3) is 0.364. The number of carbonyl (C=O) groups excluding carboxylic acids is 1. The zero-order chi connectivity index (χ0) is 11.4. The second kappa shape index (κ2) is 5.28. The maximum Gasteiger partial charge on any atom is 0.177 e. The summed E-state index contributed by atoms with van der Waals surface area (Å²) in [6.07, 6.45) is 0. The second-order valence-electron chi connectivity index (χ2n) is 3.24. The molecule has 0 fully saturated rings. The number of hydrogen-bond acceptors (Lipinski definition) is 3. The number of hydrogen-bond donors (Lipinski definition) is 1. The van der Waals surface area contributed by atoms with E-state index in [9.17, 15) is 4.79 Å². The fourth-order valence-electron chi connectivity index (χ4n) is 1.32. The molecule has 0 spiro atoms. The molecule has 15 heavy (non-hydrogen) atoms. The lowest BCUT2D eigenvalue weighted by molar-refractivity contribution is 0.0992. The first kappa shape index (κ1) is 12.2. The lowest BCUT2D eigenvalue weighted by Gasteiger charge is -2.09. The van der Waals surface area contributed by atoms with E-state index < -0.39 is 0 Å². The molecule has 0 aliphatic rings. The van der Waals surface area contributed by atoms with E-state index in [1.165, 1.54) is 0 Å². The zero-order valence-electron chi connectivity index (χ0n) is 9.06. The first-order chi connectivity index (χ1) is 7.10. The standard InChI is InChI=1S/C11H14BrNO2/c1-7-9(11(14)6-13-2)4-8(15-3)5-10(7)12/h4-5,13H,6H2,1-3H3. The molecule has 4 heteroatoms. The highest BCUT2D eigenvalue weighted by atomic mass is 79.9. The van der Waals surface area contributed by atoms with Gasteiger partial charge >= 0.3 is 0 Å². The molecular weight excluding hydrogens is 258 g/mol. The summed E-state index contributed by atoms with van der Waals surface area (Å²) in [5.41, 5.74) is 1.63. The lowest BCUT2D eigenvalue weighted by Crippen LogP contribution is -2.19. The highest BCUT2D eigenvalue weighted by molar-refractivity contribution is 9.10. The van der Waals surface area contributed by atoms with Crippen molar-refractivity contribution in [2.45, 2.75) is 6.92 Å². The van der Waals surface area contributed by atoms with Crippen LogP contribution in [0.4, 0.5) is 0 Å². The number of Topliss-reactive ketones (excluding diaryl/α,β-unsaturated/α-hetero) is 1. The van der Waals surface area contributed by atoms with E-state index in [0.29, 0.717) is 17.9 Å². The number of carbonyl (C=O) groups is 1. The van der Waals surface area contributed by atoms with E-state index in [1.54, 1.807) is 20.2 Å². The topological polar surface area (TPSA) is 38.3 Å². The molecule has 82 valence electrons. The summed E-state index contributed by atoms with van der Waals surface area (Å²) in [5.74, 6) is 0.751. The van der Waals surface area contributed by atoms with Crippen molar-refractivity contribution in [1.29, 1.82) is 0 Å². The van der Waals surface area contributed by atoms with Gasteiger partial charge in [-0.05, 0) is 31.7 Å². The van der Waals surface area contributed by atoms with Gasteiger partial charge in [-0.1, -0.05) is 15.9 Å². The van der Waals surface area contributed by atoms with Crippen LogP contribution in [0.15, 0.2) is 16.6 Å². The number of ketones is 1. The van der Waals surface area contributed by atoms with Crippen LogP contribution in [0.3, 0.4) is 0 Å². The van der Waals surface area contributed by atoms with Gasteiger partial charge in [-0.3, -0.25) is 4.79 Å². The summed E-state index contributed by atoms with van der Waals surface area (Å²) in [5, 5.41) is 2.84. The third-order valence-corrected chi connectivity index (χ3v) is 3.01. The smallest absolute Gasteiger partial charge is 0.177 e. The summed E-state index contributed by atoms with van der Waals surface area (Å²) in [6.45, 7) is 2.24. The Kier molecular flexibility index (Phi) is 4.29. The normalized spacial score (nSPS) is 10.1. The number of ether oxygens (including phenoxy) is 1. The minimum atomic E-state index is 0.0644. The van der Waals surface area contributed by atoms with E-state index in [0.717, 1.165) is 10.0 Å². The molecule has 1 aromatic rings. The van der Waals surface area contributed by atoms with Gasteiger partial charge in [0, 0.05) is 10.0 Å². The molecule has 0 unspecified atom stereocenters. The maximum absolute atomic E-state index is 11.7. The van der Waals surface area contributed by atoms with Gasteiger partial charge < -0.3 is 10.1 Å². The number of rotatable bonds is 4. The van der Waals surface area contributed by atoms with Gasteiger partial charge in [0.1, 0.15) is 5.75 Å². The van der Waals surface area contributed by atoms with Gasteiger partial charge in [-0.15, -0.1) is 0 Å². The first-order valence-corrected chi connectivity index (χ1v) is 5.41. The fourth-order valence-corrected chi connectivity index (χ4v) is 1.76. The van der Waals surface area contributed by atoms with Crippen LogP contribution in [0, 0.1) is 6.92 Å². The van der Waals surface area contributed by atoms with Gasteiger partial charge in [0.15, 0.2) is 5.78 Å². The quantitative estimate of drug-likeness (QED) is 0.854. The largest absolute Gasteiger partial charge is 0.497 e. The highest BCUT2D eigenvalue weighted by Gasteiger charge is 2.12. The molecular formula is C11H14BrNO2. The second-order valence-corrected chi connectivity index (χ2v) is 4.09. The molecule has 1 rings (SSSR count). The molecule has 0 saturated carbocycles. The van der Waals surface area contributed by atoms with Crippen LogP contribution < -0.4 is 10.1 Å². The molecule has 0 aliphatic heterocycles. The summed E-state index contributed by atoms with van der Waals surface area (Å²) < 4.78 is 6.01. The van der Waals surface area contributed by atoms with Crippen molar-refractivity contribution in [3.63, 3.8) is 0 Å². The zero-order valence-corrected chi connectivity index (χ0v) is 10.6. The molecule has 1 N–H and O–H groups in total. The van der Waals surface area contributed by atoms with Crippen molar-refractivity contribution in [3.05, 3.63) is 27.7 Å². The number of nitrogens with one attached hydrogen (secondary N) is 1. The van der Waals surface area contributed by atoms with Crippen LogP contribution in [0.5, 0.6) is 5.75 Å². The van der Waals surface area contributed by atoms with Gasteiger partial charge in [0.05, 0.1) is 13.7 Å². The molecule has 0 radical (unpaired) electrons. The predicted molar refractivity (Wildman–Crippen MR) is 63.7 cm³/mol. The highest BCUT2D eigenvalue weighted by Crippen LogP contribution is 2.26. The van der Waals surface area contributed by atoms with Crippen molar-refractivity contribution < 1.29 is 9.53 Å². The number of likely N-dealkylation sites (N-methyl/N-ethyl adjacent to an activating group) is 1. The molecule has 0 bridgehead atoms. The molecule has 0 saturated heterocycles. The van der Waals surface area contributed by atoms with E-state index in [2.05, 4.69) is 21.2 Å². The van der Waals surface area contributed by atoms with Crippen molar-refractivity contribution in [3.8, 4) is 5.75 Å². The molecule has 3 nitrogen and oxygen atoms in total. The van der Waals surface area contributed by atoms with Gasteiger partial charge in [0.25, 0.3) is 0 Å². The SMILES string of the molecule is CNCC(=O)c1cc(OC)cc(Br)c1C. The molecule has 0 amide bonds. The average Bonchev–Trinajstić information content (AvgIpc) is 2.22. The summed E-state index contributed by atoms with van der Waals surface area (Å²) in [6, 6.07) is 3.62. The van der Waals surface area contributed by atoms with E-state index >= 15 is 0 Å². The van der Waals surface area contributed by atoms with Crippen LogP contribution in [-0.4, -0.2) is 26.5 Å². The third-order valence-electron chi connectivity index (χ3n) is 2.19. The monoisotopic (exact) mass is 271 g/mol. The number of methoxy groups -OCH3 is 1. The molecule has 0 aromatic heterocycles.